The smallest absolute Gasteiger partial charge is 0.187 e. The van der Waals surface area contributed by atoms with E-state index in [9.17, 15) is 5.11 Å². The third-order valence-electron chi connectivity index (χ3n) is 3.79. The summed E-state index contributed by atoms with van der Waals surface area (Å²) >= 11 is 0. The van der Waals surface area contributed by atoms with Gasteiger partial charge in [-0.05, 0) is 23.1 Å². The van der Waals surface area contributed by atoms with Crippen LogP contribution in [0.25, 0.3) is 0 Å². The van der Waals surface area contributed by atoms with Gasteiger partial charge in [0.2, 0.25) is 0 Å². The average molecular weight is 294 g/mol. The predicted octanol–water partition coefficient (Wildman–Crippen LogP) is 2.78. The van der Waals surface area contributed by atoms with Gasteiger partial charge in [-0.1, -0.05) is 20.8 Å². The van der Waals surface area contributed by atoms with E-state index in [1.54, 1.807) is 0 Å². The first-order chi connectivity index (χ1) is 9.97. The lowest BCUT2D eigenvalue weighted by molar-refractivity contribution is -0.0520. The molecule has 0 aliphatic carbocycles. The van der Waals surface area contributed by atoms with Gasteiger partial charge in [0.25, 0.3) is 0 Å². The molecule has 0 saturated carbocycles. The lowest BCUT2D eigenvalue weighted by atomic mass is 9.84. The van der Waals surface area contributed by atoms with E-state index in [-0.39, 0.29) is 11.2 Å². The zero-order valence-electron chi connectivity index (χ0n) is 12.7. The molecule has 0 atom stereocenters. The standard InChI is InChI=1S/C16H22O5/c1-16(2,3)10-8-11(14-18-4-5-19-14)13(17)12(9-10)15-20-6-7-21-15/h8-9,14-15,17H,4-7H2,1-3H3. The Bertz CT molecular complexity index is 471. The van der Waals surface area contributed by atoms with Crippen LogP contribution in [-0.4, -0.2) is 31.5 Å². The second-order valence-electron chi connectivity index (χ2n) is 6.40. The van der Waals surface area contributed by atoms with Gasteiger partial charge < -0.3 is 24.1 Å². The highest BCUT2D eigenvalue weighted by Crippen LogP contribution is 2.41. The molecule has 21 heavy (non-hydrogen) atoms. The lowest BCUT2D eigenvalue weighted by Gasteiger charge is -2.25. The van der Waals surface area contributed by atoms with Crippen molar-refractivity contribution < 1.29 is 24.1 Å². The summed E-state index contributed by atoms with van der Waals surface area (Å²) in [6, 6.07) is 3.90. The molecule has 0 amide bonds. The van der Waals surface area contributed by atoms with Gasteiger partial charge in [-0.3, -0.25) is 0 Å². The van der Waals surface area contributed by atoms with E-state index < -0.39 is 12.6 Å². The summed E-state index contributed by atoms with van der Waals surface area (Å²) in [6.07, 6.45) is -1.04. The van der Waals surface area contributed by atoms with Crippen molar-refractivity contribution in [2.45, 2.75) is 38.8 Å². The molecule has 0 bridgehead atoms. The van der Waals surface area contributed by atoms with Gasteiger partial charge in [-0.25, -0.2) is 0 Å². The Balaban J connectivity index is 2.07. The molecular formula is C16H22O5. The van der Waals surface area contributed by atoms with E-state index in [1.165, 1.54) is 0 Å². The molecule has 2 saturated heterocycles. The number of hydrogen-bond acceptors (Lipinski definition) is 5. The Kier molecular flexibility index (Phi) is 3.92. The SMILES string of the molecule is CC(C)(C)c1cc(C2OCCO2)c(O)c(C2OCCO2)c1. The summed E-state index contributed by atoms with van der Waals surface area (Å²) < 4.78 is 22.2. The molecular weight excluding hydrogens is 272 g/mol. The van der Waals surface area contributed by atoms with Crippen molar-refractivity contribution in [2.75, 3.05) is 26.4 Å². The van der Waals surface area contributed by atoms with E-state index in [0.717, 1.165) is 5.56 Å². The maximum absolute atomic E-state index is 10.6. The fourth-order valence-electron chi connectivity index (χ4n) is 2.55. The molecule has 2 heterocycles. The van der Waals surface area contributed by atoms with Crippen LogP contribution in [0, 0.1) is 0 Å². The third kappa shape index (κ3) is 2.92. The van der Waals surface area contributed by atoms with Gasteiger partial charge in [0.05, 0.1) is 37.6 Å². The molecule has 2 aliphatic heterocycles. The number of aromatic hydroxyl groups is 1. The molecule has 2 fully saturated rings. The minimum atomic E-state index is -0.521. The first-order valence-corrected chi connectivity index (χ1v) is 7.30. The molecule has 2 aliphatic rings. The molecule has 3 rings (SSSR count). The predicted molar refractivity (Wildman–Crippen MR) is 76.1 cm³/mol. The van der Waals surface area contributed by atoms with E-state index in [4.69, 9.17) is 18.9 Å². The summed E-state index contributed by atoms with van der Waals surface area (Å²) in [4.78, 5) is 0. The van der Waals surface area contributed by atoms with Crippen LogP contribution in [0.1, 0.15) is 50.0 Å². The second kappa shape index (κ2) is 5.57. The van der Waals surface area contributed by atoms with Crippen molar-refractivity contribution in [3.05, 3.63) is 28.8 Å². The number of ether oxygens (including phenoxy) is 4. The number of hydrogen-bond donors (Lipinski definition) is 1. The van der Waals surface area contributed by atoms with Crippen LogP contribution in [0.2, 0.25) is 0 Å². The quantitative estimate of drug-likeness (QED) is 0.909. The van der Waals surface area contributed by atoms with Crippen LogP contribution in [-0.2, 0) is 24.4 Å². The normalized spacial score (nSPS) is 21.3. The number of rotatable bonds is 2. The molecule has 116 valence electrons. The zero-order valence-corrected chi connectivity index (χ0v) is 12.7. The van der Waals surface area contributed by atoms with Gasteiger partial charge >= 0.3 is 0 Å². The van der Waals surface area contributed by atoms with E-state index in [2.05, 4.69) is 20.8 Å². The molecule has 0 spiro atoms. The van der Waals surface area contributed by atoms with Crippen molar-refractivity contribution in [1.82, 2.24) is 0 Å². The number of phenols is 1. The number of benzene rings is 1. The highest BCUT2D eigenvalue weighted by molar-refractivity contribution is 5.47. The van der Waals surface area contributed by atoms with Crippen LogP contribution in [0.3, 0.4) is 0 Å². The Morgan fingerprint density at radius 2 is 1.24 bits per heavy atom. The van der Waals surface area contributed by atoms with Crippen LogP contribution in [0.4, 0.5) is 0 Å². The van der Waals surface area contributed by atoms with Gasteiger partial charge in [0.1, 0.15) is 5.75 Å². The maximum atomic E-state index is 10.6. The molecule has 1 aromatic carbocycles. The van der Waals surface area contributed by atoms with Gasteiger partial charge in [-0.2, -0.15) is 0 Å². The Morgan fingerprint density at radius 1 is 0.857 bits per heavy atom. The molecule has 0 radical (unpaired) electrons. The lowest BCUT2D eigenvalue weighted by Crippen LogP contribution is -2.14. The molecule has 5 heteroatoms. The van der Waals surface area contributed by atoms with Gasteiger partial charge in [0.15, 0.2) is 12.6 Å². The summed E-state index contributed by atoms with van der Waals surface area (Å²) in [5, 5.41) is 10.6. The van der Waals surface area contributed by atoms with Crippen molar-refractivity contribution in [3.8, 4) is 5.75 Å². The maximum Gasteiger partial charge on any atom is 0.187 e. The van der Waals surface area contributed by atoms with Crippen LogP contribution < -0.4 is 0 Å². The summed E-state index contributed by atoms with van der Waals surface area (Å²) in [6.45, 7) is 8.52. The summed E-state index contributed by atoms with van der Waals surface area (Å²) in [5.41, 5.74) is 2.32. The van der Waals surface area contributed by atoms with Crippen molar-refractivity contribution in [1.29, 1.82) is 0 Å². The van der Waals surface area contributed by atoms with Crippen LogP contribution in [0.5, 0.6) is 5.75 Å². The molecule has 0 aromatic heterocycles. The van der Waals surface area contributed by atoms with Crippen LogP contribution in [0.15, 0.2) is 12.1 Å². The van der Waals surface area contributed by atoms with Gasteiger partial charge in [-0.15, -0.1) is 0 Å². The molecule has 5 nitrogen and oxygen atoms in total. The highest BCUT2D eigenvalue weighted by atomic mass is 16.7. The Hall–Kier alpha value is -1.14. The topological polar surface area (TPSA) is 57.2 Å². The zero-order chi connectivity index (χ0) is 15.0. The summed E-state index contributed by atoms with van der Waals surface area (Å²) in [7, 11) is 0. The van der Waals surface area contributed by atoms with E-state index in [1.807, 2.05) is 12.1 Å². The highest BCUT2D eigenvalue weighted by Gasteiger charge is 2.30. The van der Waals surface area contributed by atoms with Crippen molar-refractivity contribution in [3.63, 3.8) is 0 Å². The van der Waals surface area contributed by atoms with Crippen LogP contribution >= 0.6 is 0 Å². The Morgan fingerprint density at radius 3 is 1.57 bits per heavy atom. The average Bonchev–Trinajstić information content (AvgIpc) is 3.11. The van der Waals surface area contributed by atoms with Crippen molar-refractivity contribution >= 4 is 0 Å². The monoisotopic (exact) mass is 294 g/mol. The van der Waals surface area contributed by atoms with E-state index in [0.29, 0.717) is 37.6 Å². The molecule has 0 unspecified atom stereocenters. The number of phenolic OH excluding ortho intramolecular Hbond substituents is 1. The van der Waals surface area contributed by atoms with Crippen molar-refractivity contribution in [2.24, 2.45) is 0 Å². The largest absolute Gasteiger partial charge is 0.507 e. The molecule has 1 aromatic rings. The minimum Gasteiger partial charge on any atom is -0.507 e. The Labute approximate surface area is 124 Å². The minimum absolute atomic E-state index is 0.0611. The first-order valence-electron chi connectivity index (χ1n) is 7.30. The summed E-state index contributed by atoms with van der Waals surface area (Å²) in [5.74, 6) is 0.141. The first kappa shape index (κ1) is 14.8. The second-order valence-corrected chi connectivity index (χ2v) is 6.40. The third-order valence-corrected chi connectivity index (χ3v) is 3.79. The molecule has 1 N–H and O–H groups in total. The fourth-order valence-corrected chi connectivity index (χ4v) is 2.55. The fraction of sp³-hybridized carbons (Fsp3) is 0.625. The van der Waals surface area contributed by atoms with E-state index >= 15 is 0 Å². The van der Waals surface area contributed by atoms with Gasteiger partial charge in [0, 0.05) is 0 Å².